The van der Waals surface area contributed by atoms with Gasteiger partial charge in [-0.05, 0) is 0 Å². The fourth-order valence-electron chi connectivity index (χ4n) is 1.02. The lowest BCUT2D eigenvalue weighted by atomic mass is 10.0. The summed E-state index contributed by atoms with van der Waals surface area (Å²) in [5.74, 6) is 0. The van der Waals surface area contributed by atoms with E-state index in [1.54, 1.807) is 0 Å². The van der Waals surface area contributed by atoms with E-state index >= 15 is 0 Å². The highest BCUT2D eigenvalue weighted by Gasteiger charge is 2.27. The maximum atomic E-state index is 9.09. The highest BCUT2D eigenvalue weighted by molar-refractivity contribution is 4.76. The predicted octanol–water partition coefficient (Wildman–Crippen LogP) is -1.51. The molecule has 0 saturated carbocycles. The lowest BCUT2D eigenvalue weighted by Gasteiger charge is -2.29. The van der Waals surface area contributed by atoms with Gasteiger partial charge in [0, 0.05) is 6.42 Å². The van der Waals surface area contributed by atoms with E-state index < -0.39 is 18.3 Å². The standard InChI is InChI=1S/C6H12O4/c7-2-6-5(9)1-4(8)3-10-6/h4-9H,1-3H2/t4-,5+,6?/m1/s1. The van der Waals surface area contributed by atoms with Crippen molar-refractivity contribution in [3.05, 3.63) is 0 Å². The summed E-state index contributed by atoms with van der Waals surface area (Å²) in [6.45, 7) is 0.0240. The zero-order chi connectivity index (χ0) is 7.56. The van der Waals surface area contributed by atoms with Crippen LogP contribution in [0, 0.1) is 0 Å². The van der Waals surface area contributed by atoms with Gasteiger partial charge >= 0.3 is 0 Å². The lowest BCUT2D eigenvalue weighted by molar-refractivity contribution is -0.136. The van der Waals surface area contributed by atoms with Crippen molar-refractivity contribution < 1.29 is 20.1 Å². The Balaban J connectivity index is 2.36. The van der Waals surface area contributed by atoms with Crippen molar-refractivity contribution in [2.75, 3.05) is 13.2 Å². The van der Waals surface area contributed by atoms with Crippen LogP contribution in [0.5, 0.6) is 0 Å². The van der Waals surface area contributed by atoms with Gasteiger partial charge in [0.25, 0.3) is 0 Å². The number of aliphatic hydroxyl groups is 3. The first kappa shape index (κ1) is 7.94. The van der Waals surface area contributed by atoms with Crippen LogP contribution in [0.1, 0.15) is 6.42 Å². The first-order valence-electron chi connectivity index (χ1n) is 3.32. The van der Waals surface area contributed by atoms with E-state index in [4.69, 9.17) is 20.1 Å². The van der Waals surface area contributed by atoms with E-state index in [1.165, 1.54) is 0 Å². The molecule has 1 aliphatic rings. The third-order valence-corrected chi connectivity index (χ3v) is 1.63. The molecule has 0 aliphatic carbocycles. The van der Waals surface area contributed by atoms with E-state index in [0.29, 0.717) is 6.42 Å². The van der Waals surface area contributed by atoms with Crippen LogP contribution in [0.3, 0.4) is 0 Å². The molecule has 3 atom stereocenters. The van der Waals surface area contributed by atoms with E-state index in [0.717, 1.165) is 0 Å². The fraction of sp³-hybridized carbons (Fsp3) is 1.00. The molecule has 1 saturated heterocycles. The van der Waals surface area contributed by atoms with Crippen molar-refractivity contribution >= 4 is 0 Å². The summed E-state index contributed by atoms with van der Waals surface area (Å²) < 4.78 is 4.90. The Kier molecular flexibility index (Phi) is 2.62. The van der Waals surface area contributed by atoms with E-state index in [-0.39, 0.29) is 13.2 Å². The normalized spacial score (nSPS) is 41.7. The molecule has 1 heterocycles. The number of ether oxygens (including phenoxy) is 1. The Labute approximate surface area is 59.1 Å². The molecule has 3 N–H and O–H groups in total. The summed E-state index contributed by atoms with van der Waals surface area (Å²) in [6, 6.07) is 0. The molecule has 10 heavy (non-hydrogen) atoms. The molecule has 4 nitrogen and oxygen atoms in total. The molecule has 0 radical (unpaired) electrons. The number of aliphatic hydroxyl groups excluding tert-OH is 3. The lowest BCUT2D eigenvalue weighted by Crippen LogP contribution is -2.42. The van der Waals surface area contributed by atoms with Gasteiger partial charge in [-0.2, -0.15) is 0 Å². The van der Waals surface area contributed by atoms with Gasteiger partial charge in [-0.3, -0.25) is 0 Å². The molecule has 0 aromatic heterocycles. The molecule has 1 fully saturated rings. The van der Waals surface area contributed by atoms with Crippen molar-refractivity contribution in [1.82, 2.24) is 0 Å². The Bertz CT molecular complexity index is 106. The quantitative estimate of drug-likeness (QED) is 0.423. The van der Waals surface area contributed by atoms with Gasteiger partial charge in [0.05, 0.1) is 25.4 Å². The molecule has 0 bridgehead atoms. The Hall–Kier alpha value is -0.160. The molecular weight excluding hydrogens is 136 g/mol. The molecular formula is C6H12O4. The molecule has 60 valence electrons. The number of rotatable bonds is 1. The second-order valence-corrected chi connectivity index (χ2v) is 2.51. The van der Waals surface area contributed by atoms with Crippen LogP contribution in [0.15, 0.2) is 0 Å². The first-order chi connectivity index (χ1) is 4.74. The van der Waals surface area contributed by atoms with E-state index in [1.807, 2.05) is 0 Å². The van der Waals surface area contributed by atoms with E-state index in [2.05, 4.69) is 0 Å². The summed E-state index contributed by atoms with van der Waals surface area (Å²) in [5.41, 5.74) is 0. The molecule has 0 aromatic carbocycles. The van der Waals surface area contributed by atoms with Crippen molar-refractivity contribution in [2.45, 2.75) is 24.7 Å². The minimum Gasteiger partial charge on any atom is -0.394 e. The Morgan fingerprint density at radius 1 is 1.40 bits per heavy atom. The van der Waals surface area contributed by atoms with Crippen LogP contribution in [0.25, 0.3) is 0 Å². The number of hydrogen-bond acceptors (Lipinski definition) is 4. The second kappa shape index (κ2) is 3.30. The van der Waals surface area contributed by atoms with Gasteiger partial charge in [-0.1, -0.05) is 0 Å². The Morgan fingerprint density at radius 2 is 2.10 bits per heavy atom. The van der Waals surface area contributed by atoms with Crippen LogP contribution in [-0.4, -0.2) is 46.8 Å². The fourth-order valence-corrected chi connectivity index (χ4v) is 1.02. The maximum absolute atomic E-state index is 9.09. The summed E-state index contributed by atoms with van der Waals surface area (Å²) in [7, 11) is 0. The largest absolute Gasteiger partial charge is 0.394 e. The molecule has 0 amide bonds. The van der Waals surface area contributed by atoms with Crippen LogP contribution in [0.4, 0.5) is 0 Å². The van der Waals surface area contributed by atoms with Gasteiger partial charge in [-0.15, -0.1) is 0 Å². The van der Waals surface area contributed by atoms with Gasteiger partial charge in [0.1, 0.15) is 6.10 Å². The van der Waals surface area contributed by atoms with Crippen molar-refractivity contribution in [3.63, 3.8) is 0 Å². The SMILES string of the molecule is OCC1OC[C@H](O)C[C@@H]1O. The molecule has 1 aliphatic heterocycles. The predicted molar refractivity (Wildman–Crippen MR) is 33.5 cm³/mol. The molecule has 0 aromatic rings. The van der Waals surface area contributed by atoms with Crippen molar-refractivity contribution in [1.29, 1.82) is 0 Å². The van der Waals surface area contributed by atoms with Crippen LogP contribution >= 0.6 is 0 Å². The second-order valence-electron chi connectivity index (χ2n) is 2.51. The molecule has 1 unspecified atom stereocenters. The summed E-state index contributed by atoms with van der Waals surface area (Å²) >= 11 is 0. The third kappa shape index (κ3) is 1.67. The van der Waals surface area contributed by atoms with Gasteiger partial charge in [0.2, 0.25) is 0 Å². The summed E-state index contributed by atoms with van der Waals surface area (Å²) in [6.07, 6.45) is -1.53. The molecule has 4 heteroatoms. The average Bonchev–Trinajstić information content (AvgIpc) is 1.88. The van der Waals surface area contributed by atoms with Crippen molar-refractivity contribution in [2.24, 2.45) is 0 Å². The highest BCUT2D eigenvalue weighted by atomic mass is 16.5. The highest BCUT2D eigenvalue weighted by Crippen LogP contribution is 2.13. The van der Waals surface area contributed by atoms with Crippen LogP contribution in [0.2, 0.25) is 0 Å². The van der Waals surface area contributed by atoms with E-state index in [9.17, 15) is 0 Å². The minimum atomic E-state index is -0.728. The van der Waals surface area contributed by atoms with Crippen molar-refractivity contribution in [3.8, 4) is 0 Å². The van der Waals surface area contributed by atoms with Gasteiger partial charge in [-0.25, -0.2) is 0 Å². The first-order valence-corrected chi connectivity index (χ1v) is 3.32. The van der Waals surface area contributed by atoms with Crippen LogP contribution in [-0.2, 0) is 4.74 Å². The van der Waals surface area contributed by atoms with Gasteiger partial charge < -0.3 is 20.1 Å². The summed E-state index contributed by atoms with van der Waals surface area (Å²) in [4.78, 5) is 0. The maximum Gasteiger partial charge on any atom is 0.107 e. The van der Waals surface area contributed by atoms with Crippen LogP contribution < -0.4 is 0 Å². The smallest absolute Gasteiger partial charge is 0.107 e. The zero-order valence-corrected chi connectivity index (χ0v) is 5.60. The summed E-state index contributed by atoms with van der Waals surface area (Å²) in [5, 5.41) is 26.6. The van der Waals surface area contributed by atoms with Gasteiger partial charge in [0.15, 0.2) is 0 Å². The zero-order valence-electron chi connectivity index (χ0n) is 5.60. The Morgan fingerprint density at radius 3 is 2.60 bits per heavy atom. The average molecular weight is 148 g/mol. The molecule has 1 rings (SSSR count). The topological polar surface area (TPSA) is 69.9 Å². The molecule has 0 spiro atoms. The minimum absolute atomic E-state index is 0.187. The third-order valence-electron chi connectivity index (χ3n) is 1.63. The number of hydrogen-bond donors (Lipinski definition) is 3. The monoisotopic (exact) mass is 148 g/mol.